The lowest BCUT2D eigenvalue weighted by Crippen LogP contribution is -2.31. The maximum atomic E-state index is 13.1. The Morgan fingerprint density at radius 2 is 1.85 bits per heavy atom. The summed E-state index contributed by atoms with van der Waals surface area (Å²) in [6, 6.07) is 8.39. The number of nitrogens with one attached hydrogen (secondary N) is 1. The fourth-order valence-electron chi connectivity index (χ4n) is 2.12. The van der Waals surface area contributed by atoms with E-state index in [4.69, 9.17) is 9.47 Å². The number of rotatable bonds is 6. The van der Waals surface area contributed by atoms with Gasteiger partial charge in [-0.15, -0.1) is 0 Å². The third-order valence-corrected chi connectivity index (χ3v) is 3.77. The maximum absolute atomic E-state index is 13.1. The number of halogens is 2. The molecular weight excluding hydrogens is 344 g/mol. The summed E-state index contributed by atoms with van der Waals surface area (Å²) in [6.45, 7) is 4.80. The third-order valence-electron chi connectivity index (χ3n) is 3.77. The zero-order valence-corrected chi connectivity index (χ0v) is 14.6. The average molecular weight is 363 g/mol. The van der Waals surface area contributed by atoms with Gasteiger partial charge in [0.25, 0.3) is 5.91 Å². The van der Waals surface area contributed by atoms with Gasteiger partial charge in [0.05, 0.1) is 0 Å². The van der Waals surface area contributed by atoms with Crippen LogP contribution >= 0.6 is 0 Å². The predicted octanol–water partition coefficient (Wildman–Crippen LogP) is 3.53. The molecule has 0 radical (unpaired) electrons. The Kier molecular flexibility index (Phi) is 6.27. The van der Waals surface area contributed by atoms with Gasteiger partial charge in [0, 0.05) is 11.8 Å². The lowest BCUT2D eigenvalue weighted by Gasteiger charge is -2.15. The molecule has 0 spiro atoms. The molecule has 0 aliphatic rings. The van der Waals surface area contributed by atoms with E-state index in [0.717, 1.165) is 23.3 Å². The Morgan fingerprint density at radius 1 is 1.12 bits per heavy atom. The van der Waals surface area contributed by atoms with Gasteiger partial charge in [-0.3, -0.25) is 4.79 Å². The first-order valence-electron chi connectivity index (χ1n) is 7.92. The van der Waals surface area contributed by atoms with Crippen molar-refractivity contribution in [3.63, 3.8) is 0 Å². The molecule has 2 rings (SSSR count). The van der Waals surface area contributed by atoms with Crippen molar-refractivity contribution in [3.8, 4) is 5.75 Å². The highest BCUT2D eigenvalue weighted by Crippen LogP contribution is 2.20. The SMILES string of the molecule is Cc1cccc(OCC(=O)O[C@@H](C)C(=O)Nc2ccc(F)c(F)c2)c1C. The molecule has 138 valence electrons. The van der Waals surface area contributed by atoms with Crippen LogP contribution < -0.4 is 10.1 Å². The van der Waals surface area contributed by atoms with Crippen molar-refractivity contribution >= 4 is 17.6 Å². The summed E-state index contributed by atoms with van der Waals surface area (Å²) in [5.74, 6) is -2.95. The number of anilines is 1. The highest BCUT2D eigenvalue weighted by molar-refractivity contribution is 5.95. The van der Waals surface area contributed by atoms with Crippen molar-refractivity contribution < 1.29 is 27.8 Å². The molecule has 1 atom stereocenters. The van der Waals surface area contributed by atoms with E-state index in [0.29, 0.717) is 5.75 Å². The number of hydrogen-bond donors (Lipinski definition) is 1. The van der Waals surface area contributed by atoms with Crippen LogP contribution in [0, 0.1) is 25.5 Å². The Morgan fingerprint density at radius 3 is 2.54 bits per heavy atom. The molecule has 1 N–H and O–H groups in total. The van der Waals surface area contributed by atoms with E-state index in [1.807, 2.05) is 19.9 Å². The number of carbonyl (C=O) groups is 2. The molecule has 0 heterocycles. The second-order valence-corrected chi connectivity index (χ2v) is 5.74. The summed E-state index contributed by atoms with van der Waals surface area (Å²) in [7, 11) is 0. The van der Waals surface area contributed by atoms with Crippen molar-refractivity contribution in [2.75, 3.05) is 11.9 Å². The fraction of sp³-hybridized carbons (Fsp3) is 0.263. The number of aryl methyl sites for hydroxylation is 1. The lowest BCUT2D eigenvalue weighted by atomic mass is 10.1. The van der Waals surface area contributed by atoms with E-state index in [1.54, 1.807) is 12.1 Å². The van der Waals surface area contributed by atoms with Gasteiger partial charge in [-0.25, -0.2) is 13.6 Å². The zero-order valence-electron chi connectivity index (χ0n) is 14.6. The van der Waals surface area contributed by atoms with Crippen LogP contribution in [0.3, 0.4) is 0 Å². The van der Waals surface area contributed by atoms with Gasteiger partial charge < -0.3 is 14.8 Å². The summed E-state index contributed by atoms with van der Waals surface area (Å²) in [6.07, 6.45) is -1.13. The molecule has 0 aliphatic heterocycles. The van der Waals surface area contributed by atoms with E-state index < -0.39 is 29.6 Å². The fourth-order valence-corrected chi connectivity index (χ4v) is 2.12. The van der Waals surface area contributed by atoms with Crippen LogP contribution in [0.2, 0.25) is 0 Å². The molecule has 26 heavy (non-hydrogen) atoms. The first-order chi connectivity index (χ1) is 12.3. The van der Waals surface area contributed by atoms with Crippen LogP contribution in [-0.4, -0.2) is 24.6 Å². The van der Waals surface area contributed by atoms with E-state index in [-0.39, 0.29) is 12.3 Å². The number of carbonyl (C=O) groups excluding carboxylic acids is 2. The summed E-state index contributed by atoms with van der Waals surface area (Å²) in [5.41, 5.74) is 1.99. The van der Waals surface area contributed by atoms with Crippen molar-refractivity contribution in [2.24, 2.45) is 0 Å². The number of esters is 1. The van der Waals surface area contributed by atoms with Crippen LogP contribution in [0.5, 0.6) is 5.75 Å². The van der Waals surface area contributed by atoms with Crippen LogP contribution in [0.15, 0.2) is 36.4 Å². The highest BCUT2D eigenvalue weighted by Gasteiger charge is 2.19. The highest BCUT2D eigenvalue weighted by atomic mass is 19.2. The minimum absolute atomic E-state index is 0.0587. The molecule has 0 aliphatic carbocycles. The summed E-state index contributed by atoms with van der Waals surface area (Å²) in [5, 5.41) is 2.34. The van der Waals surface area contributed by atoms with Gasteiger partial charge in [0.2, 0.25) is 0 Å². The number of amides is 1. The number of benzene rings is 2. The number of hydrogen-bond acceptors (Lipinski definition) is 4. The first kappa shape index (κ1) is 19.4. The number of ether oxygens (including phenoxy) is 2. The summed E-state index contributed by atoms with van der Waals surface area (Å²) >= 11 is 0. The molecule has 2 aromatic rings. The largest absolute Gasteiger partial charge is 0.482 e. The van der Waals surface area contributed by atoms with Crippen LogP contribution in [-0.2, 0) is 14.3 Å². The molecule has 0 saturated carbocycles. The Labute approximate surface area is 149 Å². The minimum atomic E-state index is -1.13. The molecule has 0 unspecified atom stereocenters. The first-order valence-corrected chi connectivity index (χ1v) is 7.92. The Balaban J connectivity index is 1.86. The normalized spacial score (nSPS) is 11.6. The monoisotopic (exact) mass is 363 g/mol. The molecule has 7 heteroatoms. The molecule has 1 amide bonds. The van der Waals surface area contributed by atoms with Gasteiger partial charge in [-0.05, 0) is 50.1 Å². The van der Waals surface area contributed by atoms with Gasteiger partial charge in [0.15, 0.2) is 24.3 Å². The van der Waals surface area contributed by atoms with Crippen molar-refractivity contribution in [2.45, 2.75) is 26.9 Å². The van der Waals surface area contributed by atoms with Crippen molar-refractivity contribution in [1.29, 1.82) is 0 Å². The molecule has 5 nitrogen and oxygen atoms in total. The Hall–Kier alpha value is -2.96. The predicted molar refractivity (Wildman–Crippen MR) is 92.0 cm³/mol. The van der Waals surface area contributed by atoms with Crippen LogP contribution in [0.1, 0.15) is 18.1 Å². The van der Waals surface area contributed by atoms with Gasteiger partial charge in [-0.2, -0.15) is 0 Å². The van der Waals surface area contributed by atoms with Gasteiger partial charge in [0.1, 0.15) is 5.75 Å². The topological polar surface area (TPSA) is 64.6 Å². The second kappa shape index (κ2) is 8.42. The standard InChI is InChI=1S/C19H19F2NO4/c1-11-5-4-6-17(12(11)2)25-10-18(23)26-13(3)19(24)22-14-7-8-15(20)16(21)9-14/h4-9,13H,10H2,1-3H3,(H,22,24)/t13-/m0/s1. The van der Waals surface area contributed by atoms with E-state index in [9.17, 15) is 18.4 Å². The molecule has 0 aromatic heterocycles. The third kappa shape index (κ3) is 5.02. The van der Waals surface area contributed by atoms with Crippen molar-refractivity contribution in [1.82, 2.24) is 0 Å². The van der Waals surface area contributed by atoms with Crippen LogP contribution in [0.25, 0.3) is 0 Å². The minimum Gasteiger partial charge on any atom is -0.482 e. The van der Waals surface area contributed by atoms with E-state index in [2.05, 4.69) is 5.32 Å². The Bertz CT molecular complexity index is 823. The summed E-state index contributed by atoms with van der Waals surface area (Å²) in [4.78, 5) is 23.8. The van der Waals surface area contributed by atoms with Crippen molar-refractivity contribution in [3.05, 3.63) is 59.2 Å². The van der Waals surface area contributed by atoms with E-state index >= 15 is 0 Å². The lowest BCUT2D eigenvalue weighted by molar-refractivity contribution is -0.155. The average Bonchev–Trinajstić information content (AvgIpc) is 2.59. The smallest absolute Gasteiger partial charge is 0.344 e. The zero-order chi connectivity index (χ0) is 19.3. The molecule has 0 bridgehead atoms. The second-order valence-electron chi connectivity index (χ2n) is 5.74. The molecule has 0 fully saturated rings. The van der Waals surface area contributed by atoms with Crippen LogP contribution in [0.4, 0.5) is 14.5 Å². The van der Waals surface area contributed by atoms with Gasteiger partial charge >= 0.3 is 5.97 Å². The quantitative estimate of drug-likeness (QED) is 0.798. The molecule has 0 saturated heterocycles. The summed E-state index contributed by atoms with van der Waals surface area (Å²) < 4.78 is 36.4. The van der Waals surface area contributed by atoms with E-state index in [1.165, 1.54) is 13.0 Å². The molecule has 2 aromatic carbocycles. The van der Waals surface area contributed by atoms with Gasteiger partial charge in [-0.1, -0.05) is 12.1 Å². The molecular formula is C19H19F2NO4. The maximum Gasteiger partial charge on any atom is 0.344 e.